The predicted octanol–water partition coefficient (Wildman–Crippen LogP) is 2.40. The first-order chi connectivity index (χ1) is 9.88. The molecular weight excluding hydrogens is 312 g/mol. The first-order valence-electron chi connectivity index (χ1n) is 6.73. The van der Waals surface area contributed by atoms with Gasteiger partial charge in [-0.2, -0.15) is 9.57 Å². The number of benzene rings is 1. The van der Waals surface area contributed by atoms with Gasteiger partial charge < -0.3 is 4.74 Å². The summed E-state index contributed by atoms with van der Waals surface area (Å²) in [6.07, 6.45) is 0.444. The van der Waals surface area contributed by atoms with E-state index in [1.165, 1.54) is 22.5 Å². The zero-order valence-electron chi connectivity index (χ0n) is 11.9. The van der Waals surface area contributed by atoms with Crippen molar-refractivity contribution in [2.75, 3.05) is 13.1 Å². The molecule has 0 N–H and O–H groups in total. The van der Waals surface area contributed by atoms with Crippen LogP contribution < -0.4 is 0 Å². The third-order valence-electron chi connectivity index (χ3n) is 3.43. The van der Waals surface area contributed by atoms with Crippen molar-refractivity contribution in [3.8, 4) is 6.07 Å². The maximum Gasteiger partial charge on any atom is 0.244 e. The van der Waals surface area contributed by atoms with Crippen molar-refractivity contribution < 1.29 is 13.2 Å². The Hall–Kier alpha value is -1.13. The number of nitriles is 1. The maximum atomic E-state index is 12.8. The summed E-state index contributed by atoms with van der Waals surface area (Å²) in [7, 11) is -3.73. The van der Waals surface area contributed by atoms with Crippen molar-refractivity contribution >= 4 is 21.6 Å². The Morgan fingerprint density at radius 2 is 2.19 bits per heavy atom. The average molecular weight is 329 g/mol. The minimum atomic E-state index is -3.73. The minimum absolute atomic E-state index is 0.00152. The fourth-order valence-electron chi connectivity index (χ4n) is 2.38. The molecule has 1 aromatic rings. The topological polar surface area (TPSA) is 70.4 Å². The molecule has 0 bridgehead atoms. The van der Waals surface area contributed by atoms with Crippen LogP contribution in [0.25, 0.3) is 0 Å². The van der Waals surface area contributed by atoms with Crippen LogP contribution in [0.4, 0.5) is 0 Å². The van der Waals surface area contributed by atoms with Crippen LogP contribution in [0.2, 0.25) is 5.02 Å². The van der Waals surface area contributed by atoms with Crippen molar-refractivity contribution in [1.29, 1.82) is 5.26 Å². The van der Waals surface area contributed by atoms with Crippen LogP contribution in [0, 0.1) is 11.3 Å². The molecule has 1 heterocycles. The van der Waals surface area contributed by atoms with Crippen molar-refractivity contribution in [3.05, 3.63) is 28.8 Å². The second kappa shape index (κ2) is 6.32. The number of rotatable bonds is 3. The Morgan fingerprint density at radius 1 is 1.48 bits per heavy atom. The molecule has 0 radical (unpaired) electrons. The highest BCUT2D eigenvalue weighted by atomic mass is 35.5. The van der Waals surface area contributed by atoms with Gasteiger partial charge in [0.05, 0.1) is 17.8 Å². The molecule has 0 aliphatic carbocycles. The minimum Gasteiger partial charge on any atom is -0.373 e. The fourth-order valence-corrected chi connectivity index (χ4v) is 4.22. The molecule has 0 spiro atoms. The second-order valence-corrected chi connectivity index (χ2v) is 7.39. The lowest BCUT2D eigenvalue weighted by Crippen LogP contribution is -2.48. The van der Waals surface area contributed by atoms with Gasteiger partial charge in [-0.1, -0.05) is 18.5 Å². The predicted molar refractivity (Wildman–Crippen MR) is 79.6 cm³/mol. The standard InChI is InChI=1S/C14H17ClN2O3S/c1-3-13-9-17(8-10(2)20-13)21(18,19)14-5-4-12(15)6-11(14)7-16/h4-6,10,13H,3,8-9H2,1-2H3/t10-,13+/m0/s1. The lowest BCUT2D eigenvalue weighted by atomic mass is 10.2. The number of morpholine rings is 1. The van der Waals surface area contributed by atoms with Gasteiger partial charge in [0.1, 0.15) is 11.0 Å². The van der Waals surface area contributed by atoms with E-state index < -0.39 is 10.0 Å². The van der Waals surface area contributed by atoms with Crippen molar-refractivity contribution in [2.45, 2.75) is 37.4 Å². The third kappa shape index (κ3) is 3.38. The SMILES string of the molecule is CC[C@@H]1CN(S(=O)(=O)c2ccc(Cl)cc2C#N)C[C@H](C)O1. The van der Waals surface area contributed by atoms with E-state index in [1.807, 2.05) is 19.9 Å². The van der Waals surface area contributed by atoms with Gasteiger partial charge in [-0.05, 0) is 31.5 Å². The first-order valence-corrected chi connectivity index (χ1v) is 8.55. The van der Waals surface area contributed by atoms with Gasteiger partial charge in [0.25, 0.3) is 0 Å². The van der Waals surface area contributed by atoms with Gasteiger partial charge in [-0.15, -0.1) is 0 Å². The lowest BCUT2D eigenvalue weighted by Gasteiger charge is -2.35. The summed E-state index contributed by atoms with van der Waals surface area (Å²) < 4.78 is 32.6. The molecule has 0 unspecified atom stereocenters. The zero-order valence-corrected chi connectivity index (χ0v) is 13.5. The molecule has 1 saturated heterocycles. The molecule has 1 fully saturated rings. The largest absolute Gasteiger partial charge is 0.373 e. The van der Waals surface area contributed by atoms with Crippen molar-refractivity contribution in [3.63, 3.8) is 0 Å². The van der Waals surface area contributed by atoms with E-state index in [4.69, 9.17) is 21.6 Å². The summed E-state index contributed by atoms with van der Waals surface area (Å²) in [5.41, 5.74) is 0.0645. The number of hydrogen-bond acceptors (Lipinski definition) is 4. The highest BCUT2D eigenvalue weighted by Crippen LogP contribution is 2.26. The zero-order chi connectivity index (χ0) is 15.6. The van der Waals surface area contributed by atoms with Crippen LogP contribution >= 0.6 is 11.6 Å². The van der Waals surface area contributed by atoms with Crippen LogP contribution in [0.1, 0.15) is 25.8 Å². The van der Waals surface area contributed by atoms with Crippen molar-refractivity contribution in [2.24, 2.45) is 0 Å². The van der Waals surface area contributed by atoms with Gasteiger partial charge in [0.2, 0.25) is 10.0 Å². The van der Waals surface area contributed by atoms with E-state index in [-0.39, 0.29) is 29.2 Å². The number of hydrogen-bond donors (Lipinski definition) is 0. The molecule has 2 rings (SSSR count). The van der Waals surface area contributed by atoms with Crippen LogP contribution in [0.3, 0.4) is 0 Å². The first kappa shape index (κ1) is 16.2. The summed E-state index contributed by atoms with van der Waals surface area (Å²) in [6, 6.07) is 6.14. The molecular formula is C14H17ClN2O3S. The Kier molecular flexibility index (Phi) is 4.89. The highest BCUT2D eigenvalue weighted by molar-refractivity contribution is 7.89. The van der Waals surface area contributed by atoms with Crippen LogP contribution in [0.15, 0.2) is 23.1 Å². The smallest absolute Gasteiger partial charge is 0.244 e. The summed E-state index contributed by atoms with van der Waals surface area (Å²) in [4.78, 5) is -0.00152. The molecule has 7 heteroatoms. The average Bonchev–Trinajstić information content (AvgIpc) is 2.46. The molecule has 0 saturated carbocycles. The van der Waals surface area contributed by atoms with E-state index in [2.05, 4.69) is 0 Å². The quantitative estimate of drug-likeness (QED) is 0.854. The Morgan fingerprint density at radius 3 is 2.81 bits per heavy atom. The van der Waals surface area contributed by atoms with E-state index in [1.54, 1.807) is 0 Å². The number of halogens is 1. The molecule has 114 valence electrons. The second-order valence-electron chi connectivity index (χ2n) is 5.05. The Balaban J connectivity index is 2.40. The lowest BCUT2D eigenvalue weighted by molar-refractivity contribution is -0.0547. The van der Waals surface area contributed by atoms with Gasteiger partial charge >= 0.3 is 0 Å². The summed E-state index contributed by atoms with van der Waals surface area (Å²) >= 11 is 5.82. The van der Waals surface area contributed by atoms with E-state index in [0.717, 1.165) is 6.42 Å². The summed E-state index contributed by atoms with van der Waals surface area (Å²) in [5, 5.41) is 9.48. The molecule has 5 nitrogen and oxygen atoms in total. The highest BCUT2D eigenvalue weighted by Gasteiger charge is 2.34. The van der Waals surface area contributed by atoms with Crippen LogP contribution in [-0.2, 0) is 14.8 Å². The summed E-state index contributed by atoms with van der Waals surface area (Å²) in [6.45, 7) is 4.39. The van der Waals surface area contributed by atoms with Crippen LogP contribution in [-0.4, -0.2) is 38.0 Å². The molecule has 1 aliphatic rings. The molecule has 0 aromatic heterocycles. The molecule has 1 aromatic carbocycles. The molecule has 21 heavy (non-hydrogen) atoms. The number of sulfonamides is 1. The molecule has 1 aliphatic heterocycles. The number of nitrogens with zero attached hydrogens (tertiary/aromatic N) is 2. The van der Waals surface area contributed by atoms with E-state index in [9.17, 15) is 8.42 Å². The Bertz CT molecular complexity index is 669. The number of ether oxygens (including phenoxy) is 1. The Labute approximate surface area is 130 Å². The third-order valence-corrected chi connectivity index (χ3v) is 5.55. The van der Waals surface area contributed by atoms with Crippen molar-refractivity contribution in [1.82, 2.24) is 4.31 Å². The van der Waals surface area contributed by atoms with E-state index in [0.29, 0.717) is 11.6 Å². The van der Waals surface area contributed by atoms with Gasteiger partial charge in [-0.3, -0.25) is 0 Å². The monoisotopic (exact) mass is 328 g/mol. The molecule has 0 amide bonds. The van der Waals surface area contributed by atoms with Gasteiger partial charge in [0, 0.05) is 18.1 Å². The van der Waals surface area contributed by atoms with E-state index >= 15 is 0 Å². The van der Waals surface area contributed by atoms with Gasteiger partial charge in [0.15, 0.2) is 0 Å². The van der Waals surface area contributed by atoms with Gasteiger partial charge in [-0.25, -0.2) is 8.42 Å². The molecule has 2 atom stereocenters. The normalized spacial score (nSPS) is 23.7. The van der Waals surface area contributed by atoms with Crippen LogP contribution in [0.5, 0.6) is 0 Å². The fraction of sp³-hybridized carbons (Fsp3) is 0.500. The summed E-state index contributed by atoms with van der Waals surface area (Å²) in [5.74, 6) is 0. The maximum absolute atomic E-state index is 12.8.